The second kappa shape index (κ2) is 5.99. The van der Waals surface area contributed by atoms with Crippen molar-refractivity contribution in [3.05, 3.63) is 53.1 Å². The van der Waals surface area contributed by atoms with Gasteiger partial charge in [-0.15, -0.1) is 12.6 Å². The lowest BCUT2D eigenvalue weighted by molar-refractivity contribution is 0.102. The number of hydrogen-bond acceptors (Lipinski definition) is 3. The molecule has 3 nitrogen and oxygen atoms in total. The highest BCUT2D eigenvalue weighted by Crippen LogP contribution is 2.27. The molecule has 0 spiro atoms. The van der Waals surface area contributed by atoms with Crippen LogP contribution in [0.5, 0.6) is 5.75 Å². The van der Waals surface area contributed by atoms with Crippen LogP contribution in [0.2, 0.25) is 5.02 Å². The Morgan fingerprint density at radius 2 is 1.89 bits per heavy atom. The van der Waals surface area contributed by atoms with E-state index in [1.807, 2.05) is 0 Å². The fraction of sp³-hybridized carbons (Fsp3) is 0.0714. The predicted molar refractivity (Wildman–Crippen MR) is 79.7 cm³/mol. The molecule has 0 radical (unpaired) electrons. The third-order valence-electron chi connectivity index (χ3n) is 2.54. The Morgan fingerprint density at radius 3 is 2.53 bits per heavy atom. The molecule has 0 atom stereocenters. The van der Waals surface area contributed by atoms with Gasteiger partial charge in [-0.3, -0.25) is 4.79 Å². The molecule has 1 amide bonds. The Hall–Kier alpha value is -1.65. The van der Waals surface area contributed by atoms with Crippen LogP contribution in [0.25, 0.3) is 0 Å². The Morgan fingerprint density at radius 1 is 1.21 bits per heavy atom. The number of halogens is 1. The number of thiol groups is 1. The summed E-state index contributed by atoms with van der Waals surface area (Å²) in [5.74, 6) is 0.322. The Bertz CT molecular complexity index is 599. The lowest BCUT2D eigenvalue weighted by Crippen LogP contribution is -2.11. The van der Waals surface area contributed by atoms with Crippen LogP contribution in [0, 0.1) is 0 Å². The van der Waals surface area contributed by atoms with Crippen molar-refractivity contribution < 1.29 is 9.53 Å². The summed E-state index contributed by atoms with van der Waals surface area (Å²) in [6.07, 6.45) is 0. The number of benzene rings is 2. The molecule has 0 bridgehead atoms. The molecular weight excluding hydrogens is 282 g/mol. The molecule has 1 N–H and O–H groups in total. The number of nitrogens with one attached hydrogen (secondary N) is 1. The van der Waals surface area contributed by atoms with Gasteiger partial charge in [-0.05, 0) is 36.4 Å². The van der Waals surface area contributed by atoms with Crippen molar-refractivity contribution >= 4 is 35.8 Å². The summed E-state index contributed by atoms with van der Waals surface area (Å²) in [6.45, 7) is 0. The molecule has 0 saturated carbocycles. The molecule has 0 fully saturated rings. The minimum absolute atomic E-state index is 0.197. The summed E-state index contributed by atoms with van der Waals surface area (Å²) in [6, 6.07) is 12.0. The number of methoxy groups -OCH3 is 1. The summed E-state index contributed by atoms with van der Waals surface area (Å²) in [5, 5.41) is 3.28. The normalized spacial score (nSPS) is 10.1. The zero-order valence-corrected chi connectivity index (χ0v) is 11.8. The first-order chi connectivity index (χ1) is 9.10. The second-order valence-corrected chi connectivity index (χ2v) is 4.77. The van der Waals surface area contributed by atoms with Crippen LogP contribution in [0.1, 0.15) is 10.4 Å². The summed E-state index contributed by atoms with van der Waals surface area (Å²) < 4.78 is 5.10. The fourth-order valence-electron chi connectivity index (χ4n) is 1.55. The first-order valence-corrected chi connectivity index (χ1v) is 6.36. The van der Waals surface area contributed by atoms with Gasteiger partial charge in [0, 0.05) is 22.2 Å². The van der Waals surface area contributed by atoms with Crippen LogP contribution < -0.4 is 10.1 Å². The molecule has 98 valence electrons. The van der Waals surface area contributed by atoms with E-state index in [-0.39, 0.29) is 5.91 Å². The van der Waals surface area contributed by atoms with Crippen molar-refractivity contribution in [3.8, 4) is 5.75 Å². The smallest absolute Gasteiger partial charge is 0.255 e. The van der Waals surface area contributed by atoms with Crippen LogP contribution in [0.15, 0.2) is 47.4 Å². The average Bonchev–Trinajstić information content (AvgIpc) is 2.41. The fourth-order valence-corrected chi connectivity index (χ4v) is 1.90. The standard InChI is InChI=1S/C14H12ClNO2S/c1-18-13-8-10(4-7-12(13)15)16-14(17)9-2-5-11(19)6-3-9/h2-8,19H,1H3,(H,16,17). The SMILES string of the molecule is COc1cc(NC(=O)c2ccc(S)cc2)ccc1Cl. The number of carbonyl (C=O) groups excluding carboxylic acids is 1. The molecule has 2 aromatic rings. The lowest BCUT2D eigenvalue weighted by atomic mass is 10.2. The topological polar surface area (TPSA) is 38.3 Å². The minimum atomic E-state index is -0.197. The van der Waals surface area contributed by atoms with Crippen LogP contribution in [-0.2, 0) is 0 Å². The molecule has 0 unspecified atom stereocenters. The van der Waals surface area contributed by atoms with E-state index in [9.17, 15) is 4.79 Å². The summed E-state index contributed by atoms with van der Waals surface area (Å²) >= 11 is 10.1. The molecule has 19 heavy (non-hydrogen) atoms. The van der Waals surface area contributed by atoms with E-state index in [0.717, 1.165) is 4.90 Å². The Kier molecular flexibility index (Phi) is 4.35. The largest absolute Gasteiger partial charge is 0.495 e. The van der Waals surface area contributed by atoms with Gasteiger partial charge in [0.2, 0.25) is 0 Å². The molecule has 0 aromatic heterocycles. The van der Waals surface area contributed by atoms with Gasteiger partial charge in [-0.2, -0.15) is 0 Å². The monoisotopic (exact) mass is 293 g/mol. The Balaban J connectivity index is 2.17. The molecule has 0 heterocycles. The van der Waals surface area contributed by atoms with E-state index in [2.05, 4.69) is 17.9 Å². The molecule has 2 aromatic carbocycles. The van der Waals surface area contributed by atoms with Crippen LogP contribution in [0.4, 0.5) is 5.69 Å². The highest BCUT2D eigenvalue weighted by atomic mass is 35.5. The van der Waals surface area contributed by atoms with Crippen LogP contribution in [0.3, 0.4) is 0 Å². The highest BCUT2D eigenvalue weighted by Gasteiger charge is 2.07. The quantitative estimate of drug-likeness (QED) is 0.843. The van der Waals surface area contributed by atoms with E-state index in [0.29, 0.717) is 22.0 Å². The van der Waals surface area contributed by atoms with Crippen molar-refractivity contribution in [1.29, 1.82) is 0 Å². The Labute approximate surface area is 122 Å². The van der Waals surface area contributed by atoms with Gasteiger partial charge >= 0.3 is 0 Å². The number of amides is 1. The number of anilines is 1. The zero-order valence-electron chi connectivity index (χ0n) is 10.2. The van der Waals surface area contributed by atoms with E-state index in [4.69, 9.17) is 16.3 Å². The molecule has 2 rings (SSSR count). The number of carbonyl (C=O) groups is 1. The highest BCUT2D eigenvalue weighted by molar-refractivity contribution is 7.80. The van der Waals surface area contributed by atoms with Crippen molar-refractivity contribution in [1.82, 2.24) is 0 Å². The van der Waals surface area contributed by atoms with E-state index >= 15 is 0 Å². The molecule has 0 aliphatic carbocycles. The summed E-state index contributed by atoms with van der Waals surface area (Å²) in [7, 11) is 1.53. The van der Waals surface area contributed by atoms with Gasteiger partial charge in [-0.1, -0.05) is 11.6 Å². The maximum Gasteiger partial charge on any atom is 0.255 e. The van der Waals surface area contributed by atoms with Crippen molar-refractivity contribution in [2.75, 3.05) is 12.4 Å². The third-order valence-corrected chi connectivity index (χ3v) is 3.15. The van der Waals surface area contributed by atoms with Gasteiger partial charge in [-0.25, -0.2) is 0 Å². The first-order valence-electron chi connectivity index (χ1n) is 5.54. The third kappa shape index (κ3) is 3.43. The summed E-state index contributed by atoms with van der Waals surface area (Å²) in [4.78, 5) is 12.8. The number of rotatable bonds is 3. The van der Waals surface area contributed by atoms with E-state index in [1.165, 1.54) is 7.11 Å². The van der Waals surface area contributed by atoms with Gasteiger partial charge in [0.1, 0.15) is 5.75 Å². The van der Waals surface area contributed by atoms with Crippen molar-refractivity contribution in [3.63, 3.8) is 0 Å². The molecule has 0 aliphatic heterocycles. The van der Waals surface area contributed by atoms with Crippen LogP contribution >= 0.6 is 24.2 Å². The van der Waals surface area contributed by atoms with Gasteiger partial charge < -0.3 is 10.1 Å². The molecule has 0 saturated heterocycles. The van der Waals surface area contributed by atoms with Gasteiger partial charge in [0.25, 0.3) is 5.91 Å². The first kappa shape index (κ1) is 13.8. The minimum Gasteiger partial charge on any atom is -0.495 e. The maximum atomic E-state index is 12.0. The number of ether oxygens (including phenoxy) is 1. The van der Waals surface area contributed by atoms with Gasteiger partial charge in [0.15, 0.2) is 0 Å². The maximum absolute atomic E-state index is 12.0. The van der Waals surface area contributed by atoms with Crippen molar-refractivity contribution in [2.45, 2.75) is 4.90 Å². The summed E-state index contributed by atoms with van der Waals surface area (Å²) in [5.41, 5.74) is 1.19. The molecule has 5 heteroatoms. The molecular formula is C14H12ClNO2S. The second-order valence-electron chi connectivity index (χ2n) is 3.85. The van der Waals surface area contributed by atoms with E-state index < -0.39 is 0 Å². The van der Waals surface area contributed by atoms with E-state index in [1.54, 1.807) is 42.5 Å². The average molecular weight is 294 g/mol. The lowest BCUT2D eigenvalue weighted by Gasteiger charge is -2.08. The van der Waals surface area contributed by atoms with Crippen LogP contribution in [-0.4, -0.2) is 13.0 Å². The van der Waals surface area contributed by atoms with Gasteiger partial charge in [0.05, 0.1) is 12.1 Å². The zero-order chi connectivity index (χ0) is 13.8. The molecule has 0 aliphatic rings. The predicted octanol–water partition coefficient (Wildman–Crippen LogP) is 3.89. The van der Waals surface area contributed by atoms with Crippen molar-refractivity contribution in [2.24, 2.45) is 0 Å². The number of hydrogen-bond donors (Lipinski definition) is 2.